The van der Waals surface area contributed by atoms with Gasteiger partial charge in [0.25, 0.3) is 5.56 Å². The molecule has 20 heavy (non-hydrogen) atoms. The van der Waals surface area contributed by atoms with Crippen LogP contribution in [-0.2, 0) is 6.54 Å². The van der Waals surface area contributed by atoms with E-state index in [0.29, 0.717) is 18.4 Å². The minimum atomic E-state index is -0.0253. The highest BCUT2D eigenvalue weighted by molar-refractivity contribution is 9.10. The Bertz CT molecular complexity index is 692. The first-order valence-corrected chi connectivity index (χ1v) is 7.50. The molecule has 1 fully saturated rings. The molecule has 1 aliphatic carbocycles. The van der Waals surface area contributed by atoms with Gasteiger partial charge in [-0.3, -0.25) is 4.79 Å². The van der Waals surface area contributed by atoms with E-state index in [-0.39, 0.29) is 5.56 Å². The van der Waals surface area contributed by atoms with Gasteiger partial charge < -0.3 is 9.88 Å². The van der Waals surface area contributed by atoms with Gasteiger partial charge in [0.15, 0.2) is 5.82 Å². The summed E-state index contributed by atoms with van der Waals surface area (Å²) in [4.78, 5) is 16.4. The predicted octanol–water partition coefficient (Wildman–Crippen LogP) is 3.26. The Morgan fingerprint density at radius 1 is 1.45 bits per heavy atom. The van der Waals surface area contributed by atoms with Gasteiger partial charge in [-0.1, -0.05) is 22.0 Å². The molecule has 1 N–H and O–H groups in total. The van der Waals surface area contributed by atoms with Gasteiger partial charge in [-0.25, -0.2) is 4.98 Å². The van der Waals surface area contributed by atoms with Crippen molar-refractivity contribution in [3.8, 4) is 0 Å². The van der Waals surface area contributed by atoms with Crippen molar-refractivity contribution in [1.29, 1.82) is 0 Å². The first-order chi connectivity index (χ1) is 9.65. The molecular formula is C15H16BrN3O. The molecular weight excluding hydrogens is 318 g/mol. The lowest BCUT2D eigenvalue weighted by atomic mass is 10.1. The average Bonchev–Trinajstić information content (AvgIpc) is 3.25. The lowest BCUT2D eigenvalue weighted by Gasteiger charge is -2.10. The Balaban J connectivity index is 1.80. The normalized spacial score (nSPS) is 14.3. The summed E-state index contributed by atoms with van der Waals surface area (Å²) in [6.45, 7) is 2.66. The summed E-state index contributed by atoms with van der Waals surface area (Å²) in [5.74, 6) is 0.429. The van der Waals surface area contributed by atoms with Crippen molar-refractivity contribution >= 4 is 21.7 Å². The molecule has 1 aromatic carbocycles. The topological polar surface area (TPSA) is 46.9 Å². The molecule has 0 unspecified atom stereocenters. The minimum absolute atomic E-state index is 0.0253. The summed E-state index contributed by atoms with van der Waals surface area (Å²) >= 11 is 3.47. The summed E-state index contributed by atoms with van der Waals surface area (Å²) in [6.07, 6.45) is 5.65. The molecule has 2 aromatic rings. The highest BCUT2D eigenvalue weighted by atomic mass is 79.9. The third-order valence-corrected chi connectivity index (χ3v) is 4.06. The Morgan fingerprint density at radius 2 is 2.25 bits per heavy atom. The second-order valence-corrected chi connectivity index (χ2v) is 6.06. The van der Waals surface area contributed by atoms with E-state index in [1.807, 2.05) is 6.07 Å². The molecule has 5 heteroatoms. The monoisotopic (exact) mass is 333 g/mol. The van der Waals surface area contributed by atoms with Gasteiger partial charge in [-0.2, -0.15) is 0 Å². The average molecular weight is 334 g/mol. The van der Waals surface area contributed by atoms with Crippen LogP contribution in [0.5, 0.6) is 0 Å². The molecule has 4 nitrogen and oxygen atoms in total. The van der Waals surface area contributed by atoms with E-state index in [1.165, 1.54) is 5.56 Å². The number of rotatable bonds is 4. The second-order valence-electron chi connectivity index (χ2n) is 5.14. The van der Waals surface area contributed by atoms with Crippen LogP contribution < -0.4 is 10.9 Å². The van der Waals surface area contributed by atoms with Crippen LogP contribution in [0.2, 0.25) is 0 Å². The van der Waals surface area contributed by atoms with Crippen LogP contribution in [0.25, 0.3) is 0 Å². The zero-order valence-corrected chi connectivity index (χ0v) is 12.9. The molecule has 3 rings (SSSR count). The van der Waals surface area contributed by atoms with Gasteiger partial charge in [-0.15, -0.1) is 0 Å². The van der Waals surface area contributed by atoms with Crippen LogP contribution in [0, 0.1) is 6.92 Å². The molecule has 0 atom stereocenters. The third-order valence-electron chi connectivity index (χ3n) is 3.57. The number of aromatic nitrogens is 2. The number of halogens is 1. The summed E-state index contributed by atoms with van der Waals surface area (Å²) in [5.41, 5.74) is 2.32. The van der Waals surface area contributed by atoms with Gasteiger partial charge in [0.2, 0.25) is 0 Å². The van der Waals surface area contributed by atoms with Gasteiger partial charge >= 0.3 is 0 Å². The van der Waals surface area contributed by atoms with E-state index in [9.17, 15) is 4.79 Å². The molecule has 1 aromatic heterocycles. The number of anilines is 1. The number of hydrogen-bond donors (Lipinski definition) is 1. The maximum Gasteiger partial charge on any atom is 0.293 e. The molecule has 0 aliphatic heterocycles. The van der Waals surface area contributed by atoms with Crippen molar-refractivity contribution in [1.82, 2.24) is 9.55 Å². The van der Waals surface area contributed by atoms with Gasteiger partial charge in [-0.05, 0) is 43.0 Å². The zero-order valence-electron chi connectivity index (χ0n) is 11.3. The fourth-order valence-electron chi connectivity index (χ4n) is 2.20. The van der Waals surface area contributed by atoms with Gasteiger partial charge in [0.1, 0.15) is 0 Å². The molecule has 0 saturated heterocycles. The fraction of sp³-hybridized carbons (Fsp3) is 0.333. The number of nitrogens with one attached hydrogen (secondary N) is 1. The summed E-state index contributed by atoms with van der Waals surface area (Å²) in [5, 5.41) is 3.16. The van der Waals surface area contributed by atoms with Gasteiger partial charge in [0, 0.05) is 29.5 Å². The number of nitrogens with zero attached hydrogens (tertiary/aromatic N) is 2. The van der Waals surface area contributed by atoms with E-state index >= 15 is 0 Å². The van der Waals surface area contributed by atoms with Crippen molar-refractivity contribution < 1.29 is 0 Å². The number of benzene rings is 1. The molecule has 1 aliphatic rings. The molecule has 0 amide bonds. The Kier molecular flexibility index (Phi) is 3.61. The smallest absolute Gasteiger partial charge is 0.293 e. The first-order valence-electron chi connectivity index (χ1n) is 6.71. The largest absolute Gasteiger partial charge is 0.361 e. The van der Waals surface area contributed by atoms with Crippen molar-refractivity contribution in [3.63, 3.8) is 0 Å². The van der Waals surface area contributed by atoms with Crippen molar-refractivity contribution in [2.75, 3.05) is 5.32 Å². The summed E-state index contributed by atoms with van der Waals surface area (Å²) in [7, 11) is 0. The van der Waals surface area contributed by atoms with Gasteiger partial charge in [0.05, 0.1) is 0 Å². The standard InChI is InChI=1S/C15H16BrN3O/c1-10-2-3-12(16)8-11(10)9-18-14-15(20)19(7-6-17-14)13-4-5-13/h2-3,6-8,13H,4-5,9H2,1H3,(H,17,18). The fourth-order valence-corrected chi connectivity index (χ4v) is 2.60. The molecule has 1 heterocycles. The highest BCUT2D eigenvalue weighted by Crippen LogP contribution is 2.33. The molecule has 1 saturated carbocycles. The van der Waals surface area contributed by atoms with E-state index in [4.69, 9.17) is 0 Å². The lowest BCUT2D eigenvalue weighted by molar-refractivity contribution is 0.699. The van der Waals surface area contributed by atoms with E-state index in [0.717, 1.165) is 22.9 Å². The summed E-state index contributed by atoms with van der Waals surface area (Å²) in [6, 6.07) is 6.51. The SMILES string of the molecule is Cc1ccc(Br)cc1CNc1nccn(C2CC2)c1=O. The molecule has 0 spiro atoms. The van der Waals surface area contributed by atoms with E-state index in [1.54, 1.807) is 17.0 Å². The quantitative estimate of drug-likeness (QED) is 0.934. The zero-order chi connectivity index (χ0) is 14.1. The maximum absolute atomic E-state index is 12.3. The van der Waals surface area contributed by atoms with E-state index in [2.05, 4.69) is 45.3 Å². The van der Waals surface area contributed by atoms with Crippen molar-refractivity contribution in [2.24, 2.45) is 0 Å². The number of aryl methyl sites for hydroxylation is 1. The maximum atomic E-state index is 12.3. The minimum Gasteiger partial charge on any atom is -0.361 e. The Morgan fingerprint density at radius 3 is 3.00 bits per heavy atom. The molecule has 0 bridgehead atoms. The molecule has 0 radical (unpaired) electrons. The second kappa shape index (κ2) is 5.40. The van der Waals surface area contributed by atoms with Crippen LogP contribution in [0.4, 0.5) is 5.82 Å². The van der Waals surface area contributed by atoms with Crippen LogP contribution in [-0.4, -0.2) is 9.55 Å². The Hall–Kier alpha value is -1.62. The number of hydrogen-bond acceptors (Lipinski definition) is 3. The van der Waals surface area contributed by atoms with Crippen molar-refractivity contribution in [3.05, 3.63) is 56.5 Å². The Labute approximate surface area is 126 Å². The summed E-state index contributed by atoms with van der Waals surface area (Å²) < 4.78 is 2.82. The van der Waals surface area contributed by atoms with Crippen LogP contribution in [0.3, 0.4) is 0 Å². The van der Waals surface area contributed by atoms with Crippen LogP contribution >= 0.6 is 15.9 Å². The van der Waals surface area contributed by atoms with Crippen LogP contribution in [0.1, 0.15) is 30.0 Å². The predicted molar refractivity (Wildman–Crippen MR) is 83.0 cm³/mol. The van der Waals surface area contributed by atoms with E-state index < -0.39 is 0 Å². The first kappa shape index (κ1) is 13.4. The third kappa shape index (κ3) is 2.77. The van der Waals surface area contributed by atoms with Crippen molar-refractivity contribution in [2.45, 2.75) is 32.4 Å². The molecule has 104 valence electrons. The van der Waals surface area contributed by atoms with Crippen LogP contribution in [0.15, 0.2) is 39.9 Å². The lowest BCUT2D eigenvalue weighted by Crippen LogP contribution is -2.23. The highest BCUT2D eigenvalue weighted by Gasteiger charge is 2.25.